The second-order valence-corrected chi connectivity index (χ2v) is 7.86. The quantitative estimate of drug-likeness (QED) is 0.267. The van der Waals surface area contributed by atoms with E-state index in [4.69, 9.17) is 4.74 Å². The van der Waals surface area contributed by atoms with Gasteiger partial charge >= 0.3 is 5.97 Å². The Labute approximate surface area is 195 Å². The number of halogens is 2. The SMILES string of the molecule is Cc1ccc(C)c(NC(=O)c2cc(-c3ccc(F)cc3F)ccc2OC(=O)c2ccccc2)c1. The lowest BCUT2D eigenvalue weighted by Gasteiger charge is -2.14. The van der Waals surface area contributed by atoms with Gasteiger partial charge in [-0.2, -0.15) is 0 Å². The first-order chi connectivity index (χ1) is 16.3. The summed E-state index contributed by atoms with van der Waals surface area (Å²) >= 11 is 0. The van der Waals surface area contributed by atoms with Crippen LogP contribution in [-0.2, 0) is 0 Å². The fourth-order valence-electron chi connectivity index (χ4n) is 3.48. The van der Waals surface area contributed by atoms with Crippen LogP contribution in [0.4, 0.5) is 14.5 Å². The average Bonchev–Trinajstić information content (AvgIpc) is 2.82. The minimum atomic E-state index is -0.769. The van der Waals surface area contributed by atoms with E-state index >= 15 is 0 Å². The second kappa shape index (κ2) is 9.67. The van der Waals surface area contributed by atoms with Crippen LogP contribution in [0.25, 0.3) is 11.1 Å². The highest BCUT2D eigenvalue weighted by Gasteiger charge is 2.20. The van der Waals surface area contributed by atoms with Crippen LogP contribution in [0.3, 0.4) is 0 Å². The molecule has 0 heterocycles. The van der Waals surface area contributed by atoms with Crippen LogP contribution in [0.15, 0.2) is 84.9 Å². The minimum absolute atomic E-state index is 0.0166. The first-order valence-corrected chi connectivity index (χ1v) is 10.6. The fourth-order valence-corrected chi connectivity index (χ4v) is 3.48. The van der Waals surface area contributed by atoms with E-state index in [1.807, 2.05) is 32.0 Å². The number of ether oxygens (including phenoxy) is 1. The van der Waals surface area contributed by atoms with Gasteiger partial charge in [0.1, 0.15) is 17.4 Å². The van der Waals surface area contributed by atoms with Crippen LogP contribution in [0, 0.1) is 25.5 Å². The van der Waals surface area contributed by atoms with Gasteiger partial charge in [-0.3, -0.25) is 4.79 Å². The smallest absolute Gasteiger partial charge is 0.343 e. The van der Waals surface area contributed by atoms with Gasteiger partial charge in [-0.05, 0) is 73.0 Å². The number of carbonyl (C=O) groups is 2. The molecule has 0 radical (unpaired) electrons. The lowest BCUT2D eigenvalue weighted by Crippen LogP contribution is -2.17. The largest absolute Gasteiger partial charge is 0.422 e. The number of esters is 1. The minimum Gasteiger partial charge on any atom is -0.422 e. The molecule has 0 fully saturated rings. The van der Waals surface area contributed by atoms with E-state index in [1.54, 1.807) is 30.3 Å². The molecule has 170 valence electrons. The standard InChI is InChI=1S/C28H21F2NO3/c1-17-8-9-18(2)25(14-17)31-27(32)23-15-20(22-12-11-21(29)16-24(22)30)10-13-26(23)34-28(33)19-6-4-3-5-7-19/h3-16H,1-2H3,(H,31,32). The molecule has 0 saturated carbocycles. The Morgan fingerprint density at radius 1 is 0.824 bits per heavy atom. The van der Waals surface area contributed by atoms with Gasteiger partial charge in [-0.15, -0.1) is 0 Å². The van der Waals surface area contributed by atoms with E-state index < -0.39 is 23.5 Å². The number of carbonyl (C=O) groups excluding carboxylic acids is 2. The third-order valence-electron chi connectivity index (χ3n) is 5.32. The van der Waals surface area contributed by atoms with Crippen LogP contribution in [0.5, 0.6) is 5.75 Å². The summed E-state index contributed by atoms with van der Waals surface area (Å²) < 4.78 is 33.3. The van der Waals surface area contributed by atoms with Crippen LogP contribution in [-0.4, -0.2) is 11.9 Å². The molecule has 0 spiro atoms. The van der Waals surface area contributed by atoms with Crippen molar-refractivity contribution in [2.24, 2.45) is 0 Å². The van der Waals surface area contributed by atoms with Crippen molar-refractivity contribution in [2.45, 2.75) is 13.8 Å². The average molecular weight is 457 g/mol. The summed E-state index contributed by atoms with van der Waals surface area (Å²) in [6.45, 7) is 3.76. The van der Waals surface area contributed by atoms with Crippen LogP contribution < -0.4 is 10.1 Å². The fraction of sp³-hybridized carbons (Fsp3) is 0.0714. The molecular weight excluding hydrogens is 436 g/mol. The molecule has 0 aromatic heterocycles. The topological polar surface area (TPSA) is 55.4 Å². The van der Waals surface area contributed by atoms with Crippen molar-refractivity contribution in [2.75, 3.05) is 5.32 Å². The van der Waals surface area contributed by atoms with E-state index in [0.717, 1.165) is 23.3 Å². The summed E-state index contributed by atoms with van der Waals surface area (Å²) in [5, 5.41) is 2.84. The van der Waals surface area contributed by atoms with Crippen molar-refractivity contribution in [1.82, 2.24) is 0 Å². The number of nitrogens with one attached hydrogen (secondary N) is 1. The van der Waals surface area contributed by atoms with Gasteiger partial charge in [0.15, 0.2) is 0 Å². The first kappa shape index (κ1) is 22.9. The molecule has 34 heavy (non-hydrogen) atoms. The molecule has 1 N–H and O–H groups in total. The number of rotatable bonds is 5. The van der Waals surface area contributed by atoms with Gasteiger partial charge in [0.05, 0.1) is 11.1 Å². The molecule has 1 amide bonds. The van der Waals surface area contributed by atoms with Gasteiger partial charge in [0.25, 0.3) is 5.91 Å². The number of hydrogen-bond donors (Lipinski definition) is 1. The molecular formula is C28H21F2NO3. The van der Waals surface area contributed by atoms with Gasteiger partial charge in [-0.1, -0.05) is 36.4 Å². The highest BCUT2D eigenvalue weighted by molar-refractivity contribution is 6.08. The Kier molecular flexibility index (Phi) is 6.50. The van der Waals surface area contributed by atoms with E-state index in [2.05, 4.69) is 5.32 Å². The number of anilines is 1. The van der Waals surface area contributed by atoms with E-state index in [1.165, 1.54) is 24.3 Å². The van der Waals surface area contributed by atoms with Gasteiger partial charge in [0.2, 0.25) is 0 Å². The first-order valence-electron chi connectivity index (χ1n) is 10.6. The molecule has 0 aliphatic carbocycles. The summed E-state index contributed by atoms with van der Waals surface area (Å²) in [6.07, 6.45) is 0. The molecule has 4 rings (SSSR count). The van der Waals surface area contributed by atoms with E-state index in [-0.39, 0.29) is 16.9 Å². The molecule has 4 aromatic carbocycles. The Bertz CT molecular complexity index is 1380. The number of hydrogen-bond acceptors (Lipinski definition) is 3. The lowest BCUT2D eigenvalue weighted by atomic mass is 10.0. The zero-order chi connectivity index (χ0) is 24.2. The van der Waals surface area contributed by atoms with Gasteiger partial charge in [0, 0.05) is 17.3 Å². The Morgan fingerprint density at radius 2 is 1.59 bits per heavy atom. The predicted octanol–water partition coefficient (Wildman–Crippen LogP) is 6.72. The predicted molar refractivity (Wildman–Crippen MR) is 127 cm³/mol. The normalized spacial score (nSPS) is 10.6. The van der Waals surface area contributed by atoms with Crippen molar-refractivity contribution in [3.8, 4) is 16.9 Å². The number of amides is 1. The van der Waals surface area contributed by atoms with Gasteiger partial charge in [-0.25, -0.2) is 13.6 Å². The van der Waals surface area contributed by atoms with Crippen LogP contribution >= 0.6 is 0 Å². The molecule has 0 saturated heterocycles. The maximum Gasteiger partial charge on any atom is 0.343 e. The molecule has 0 aliphatic heterocycles. The molecule has 4 nitrogen and oxygen atoms in total. The summed E-state index contributed by atoms with van der Waals surface area (Å²) in [5.41, 5.74) is 3.21. The molecule has 4 aromatic rings. The Balaban J connectivity index is 1.75. The third kappa shape index (κ3) is 5.02. The molecule has 0 bridgehead atoms. The molecule has 0 aliphatic rings. The summed E-state index contributed by atoms with van der Waals surface area (Å²) in [5.74, 6) is -2.63. The van der Waals surface area contributed by atoms with Gasteiger partial charge < -0.3 is 10.1 Å². The van der Waals surface area contributed by atoms with Crippen molar-refractivity contribution < 1.29 is 23.1 Å². The molecule has 0 unspecified atom stereocenters. The lowest BCUT2D eigenvalue weighted by molar-refractivity contribution is 0.0733. The second-order valence-electron chi connectivity index (χ2n) is 7.86. The van der Waals surface area contributed by atoms with E-state index in [9.17, 15) is 18.4 Å². The van der Waals surface area contributed by atoms with Crippen molar-refractivity contribution >= 4 is 17.6 Å². The maximum absolute atomic E-state index is 14.4. The van der Waals surface area contributed by atoms with Crippen molar-refractivity contribution in [1.29, 1.82) is 0 Å². The number of benzene rings is 4. The summed E-state index contributed by atoms with van der Waals surface area (Å²) in [6, 6.07) is 21.6. The summed E-state index contributed by atoms with van der Waals surface area (Å²) in [7, 11) is 0. The molecule has 6 heteroatoms. The Hall–Kier alpha value is -4.32. The van der Waals surface area contributed by atoms with Crippen LogP contribution in [0.2, 0.25) is 0 Å². The maximum atomic E-state index is 14.4. The number of aryl methyl sites for hydroxylation is 2. The zero-order valence-electron chi connectivity index (χ0n) is 18.6. The highest BCUT2D eigenvalue weighted by atomic mass is 19.1. The molecule has 0 atom stereocenters. The zero-order valence-corrected chi connectivity index (χ0v) is 18.6. The Morgan fingerprint density at radius 3 is 2.32 bits per heavy atom. The van der Waals surface area contributed by atoms with E-state index in [0.29, 0.717) is 16.8 Å². The third-order valence-corrected chi connectivity index (χ3v) is 5.32. The van der Waals surface area contributed by atoms with Crippen molar-refractivity contribution in [3.63, 3.8) is 0 Å². The summed E-state index contributed by atoms with van der Waals surface area (Å²) in [4.78, 5) is 25.9. The highest BCUT2D eigenvalue weighted by Crippen LogP contribution is 2.30. The van der Waals surface area contributed by atoms with Crippen LogP contribution in [0.1, 0.15) is 31.8 Å². The monoisotopic (exact) mass is 457 g/mol. The van der Waals surface area contributed by atoms with Crippen molar-refractivity contribution in [3.05, 3.63) is 119 Å².